The van der Waals surface area contributed by atoms with Crippen LogP contribution in [0.3, 0.4) is 0 Å². The molecule has 1 aliphatic carbocycles. The highest BCUT2D eigenvalue weighted by molar-refractivity contribution is 9.10. The SMILES string of the molecule is Cc1ccc(Br)cc1Oc1nc(C2CC2)nc(NN)c1C. The van der Waals surface area contributed by atoms with Crippen LogP contribution in [-0.2, 0) is 0 Å². The van der Waals surface area contributed by atoms with Crippen molar-refractivity contribution < 1.29 is 4.74 Å². The largest absolute Gasteiger partial charge is 0.438 e. The number of nitrogens with one attached hydrogen (secondary N) is 1. The van der Waals surface area contributed by atoms with E-state index in [0.29, 0.717) is 17.6 Å². The number of benzene rings is 1. The van der Waals surface area contributed by atoms with E-state index in [4.69, 9.17) is 10.6 Å². The summed E-state index contributed by atoms with van der Waals surface area (Å²) < 4.78 is 6.97. The van der Waals surface area contributed by atoms with Crippen LogP contribution in [-0.4, -0.2) is 9.97 Å². The number of anilines is 1. The summed E-state index contributed by atoms with van der Waals surface area (Å²) >= 11 is 3.46. The third-order valence-electron chi connectivity index (χ3n) is 3.55. The average molecular weight is 349 g/mol. The molecule has 0 radical (unpaired) electrons. The molecule has 21 heavy (non-hydrogen) atoms. The molecule has 6 heteroatoms. The van der Waals surface area contributed by atoms with Gasteiger partial charge in [-0.1, -0.05) is 22.0 Å². The Kier molecular flexibility index (Phi) is 3.82. The molecule has 1 aromatic carbocycles. The van der Waals surface area contributed by atoms with Gasteiger partial charge in [0.15, 0.2) is 5.82 Å². The molecule has 3 rings (SSSR count). The second-order valence-electron chi connectivity index (χ2n) is 5.29. The third-order valence-corrected chi connectivity index (χ3v) is 4.05. The van der Waals surface area contributed by atoms with Crippen molar-refractivity contribution in [2.45, 2.75) is 32.6 Å². The van der Waals surface area contributed by atoms with Crippen molar-refractivity contribution in [1.82, 2.24) is 9.97 Å². The van der Waals surface area contributed by atoms with Crippen LogP contribution in [0.2, 0.25) is 0 Å². The Balaban J connectivity index is 2.00. The average Bonchev–Trinajstić information content (AvgIpc) is 3.29. The zero-order valence-corrected chi connectivity index (χ0v) is 13.6. The maximum Gasteiger partial charge on any atom is 0.227 e. The van der Waals surface area contributed by atoms with Gasteiger partial charge in [0.25, 0.3) is 0 Å². The van der Waals surface area contributed by atoms with Crippen molar-refractivity contribution in [3.63, 3.8) is 0 Å². The number of nitrogens with two attached hydrogens (primary N) is 1. The lowest BCUT2D eigenvalue weighted by Gasteiger charge is -2.14. The standard InChI is InChI=1S/C15H17BrN4O/c1-8-3-6-11(16)7-12(8)21-15-9(2)13(20-17)18-14(19-15)10-4-5-10/h3,6-7,10H,4-5,17H2,1-2H3,(H,18,19,20). The first-order valence-corrected chi connectivity index (χ1v) is 7.67. The first-order valence-electron chi connectivity index (χ1n) is 6.87. The fourth-order valence-corrected chi connectivity index (χ4v) is 2.40. The van der Waals surface area contributed by atoms with Crippen LogP contribution in [0.1, 0.15) is 35.7 Å². The van der Waals surface area contributed by atoms with Crippen LogP contribution < -0.4 is 16.0 Å². The molecule has 2 aromatic rings. The number of ether oxygens (including phenoxy) is 1. The van der Waals surface area contributed by atoms with Gasteiger partial charge in [0.1, 0.15) is 11.6 Å². The maximum absolute atomic E-state index is 6.01. The van der Waals surface area contributed by atoms with E-state index >= 15 is 0 Å². The summed E-state index contributed by atoms with van der Waals surface area (Å²) in [5.41, 5.74) is 4.48. The first-order chi connectivity index (χ1) is 10.1. The molecule has 0 bridgehead atoms. The molecule has 110 valence electrons. The van der Waals surface area contributed by atoms with Crippen LogP contribution in [0.5, 0.6) is 11.6 Å². The van der Waals surface area contributed by atoms with Gasteiger partial charge in [-0.3, -0.25) is 0 Å². The molecule has 1 heterocycles. The Morgan fingerprint density at radius 3 is 2.71 bits per heavy atom. The highest BCUT2D eigenvalue weighted by Crippen LogP contribution is 2.40. The van der Waals surface area contributed by atoms with Gasteiger partial charge < -0.3 is 10.2 Å². The fourth-order valence-electron chi connectivity index (χ4n) is 2.06. The molecule has 0 saturated heterocycles. The highest BCUT2D eigenvalue weighted by Gasteiger charge is 2.28. The summed E-state index contributed by atoms with van der Waals surface area (Å²) in [6.45, 7) is 3.90. The molecule has 1 aromatic heterocycles. The van der Waals surface area contributed by atoms with Gasteiger partial charge in [0, 0.05) is 10.4 Å². The number of hydrogen-bond donors (Lipinski definition) is 2. The van der Waals surface area contributed by atoms with E-state index < -0.39 is 0 Å². The molecular formula is C15H17BrN4O. The number of rotatable bonds is 4. The van der Waals surface area contributed by atoms with E-state index in [0.717, 1.165) is 40.0 Å². The number of halogens is 1. The van der Waals surface area contributed by atoms with Crippen molar-refractivity contribution in [1.29, 1.82) is 0 Å². The molecule has 0 amide bonds. The van der Waals surface area contributed by atoms with Crippen molar-refractivity contribution in [3.05, 3.63) is 39.6 Å². The van der Waals surface area contributed by atoms with E-state index in [-0.39, 0.29) is 0 Å². The minimum Gasteiger partial charge on any atom is -0.438 e. The molecule has 1 aliphatic rings. The summed E-state index contributed by atoms with van der Waals surface area (Å²) in [6.07, 6.45) is 2.25. The van der Waals surface area contributed by atoms with Crippen LogP contribution in [0.15, 0.2) is 22.7 Å². The van der Waals surface area contributed by atoms with E-state index in [1.54, 1.807) is 0 Å². The van der Waals surface area contributed by atoms with E-state index in [1.807, 2.05) is 32.0 Å². The quantitative estimate of drug-likeness (QED) is 0.649. The Labute approximate surface area is 132 Å². The minimum atomic E-state index is 0.434. The molecule has 0 aliphatic heterocycles. The molecule has 1 fully saturated rings. The molecule has 0 spiro atoms. The lowest BCUT2D eigenvalue weighted by molar-refractivity contribution is 0.451. The van der Waals surface area contributed by atoms with Gasteiger partial charge in [0.05, 0.1) is 5.56 Å². The number of nitrogen functional groups attached to an aromatic ring is 1. The van der Waals surface area contributed by atoms with Crippen LogP contribution >= 0.6 is 15.9 Å². The Morgan fingerprint density at radius 2 is 2.05 bits per heavy atom. The first kappa shape index (κ1) is 14.3. The molecular weight excluding hydrogens is 332 g/mol. The second kappa shape index (κ2) is 5.61. The molecule has 0 atom stereocenters. The zero-order chi connectivity index (χ0) is 15.0. The van der Waals surface area contributed by atoms with Gasteiger partial charge in [-0.25, -0.2) is 10.8 Å². The number of aromatic nitrogens is 2. The minimum absolute atomic E-state index is 0.434. The van der Waals surface area contributed by atoms with Crippen molar-refractivity contribution in [2.75, 3.05) is 5.43 Å². The third kappa shape index (κ3) is 3.01. The Bertz CT molecular complexity index is 686. The van der Waals surface area contributed by atoms with Crippen LogP contribution in [0, 0.1) is 13.8 Å². The molecule has 3 N–H and O–H groups in total. The van der Waals surface area contributed by atoms with Crippen molar-refractivity contribution >= 4 is 21.7 Å². The summed E-state index contributed by atoms with van der Waals surface area (Å²) in [4.78, 5) is 9.02. The monoisotopic (exact) mass is 348 g/mol. The number of hydrazine groups is 1. The van der Waals surface area contributed by atoms with Gasteiger partial charge in [0.2, 0.25) is 5.88 Å². The van der Waals surface area contributed by atoms with Gasteiger partial charge in [-0.15, -0.1) is 0 Å². The highest BCUT2D eigenvalue weighted by atomic mass is 79.9. The summed E-state index contributed by atoms with van der Waals surface area (Å²) in [5, 5.41) is 0. The van der Waals surface area contributed by atoms with Gasteiger partial charge in [-0.2, -0.15) is 4.98 Å². The number of aryl methyl sites for hydroxylation is 1. The van der Waals surface area contributed by atoms with Crippen LogP contribution in [0.4, 0.5) is 5.82 Å². The Morgan fingerprint density at radius 1 is 1.29 bits per heavy atom. The van der Waals surface area contributed by atoms with E-state index in [2.05, 4.69) is 31.3 Å². The predicted octanol–water partition coefficient (Wildman–Crippen LogP) is 3.81. The maximum atomic E-state index is 6.01. The Hall–Kier alpha value is -1.66. The lowest BCUT2D eigenvalue weighted by atomic mass is 10.2. The van der Waals surface area contributed by atoms with Crippen LogP contribution in [0.25, 0.3) is 0 Å². The summed E-state index contributed by atoms with van der Waals surface area (Å²) in [7, 11) is 0. The number of hydrogen-bond acceptors (Lipinski definition) is 5. The zero-order valence-electron chi connectivity index (χ0n) is 12.0. The van der Waals surface area contributed by atoms with Crippen molar-refractivity contribution in [3.8, 4) is 11.6 Å². The molecule has 5 nitrogen and oxygen atoms in total. The molecule has 1 saturated carbocycles. The molecule has 0 unspecified atom stereocenters. The lowest BCUT2D eigenvalue weighted by Crippen LogP contribution is -2.13. The predicted molar refractivity (Wildman–Crippen MR) is 85.5 cm³/mol. The van der Waals surface area contributed by atoms with E-state index in [9.17, 15) is 0 Å². The van der Waals surface area contributed by atoms with Crippen molar-refractivity contribution in [2.24, 2.45) is 5.84 Å². The van der Waals surface area contributed by atoms with E-state index in [1.165, 1.54) is 0 Å². The topological polar surface area (TPSA) is 73.1 Å². The number of nitrogens with zero attached hydrogens (tertiary/aromatic N) is 2. The normalized spacial score (nSPS) is 14.1. The summed E-state index contributed by atoms with van der Waals surface area (Å²) in [6, 6.07) is 5.92. The smallest absolute Gasteiger partial charge is 0.227 e. The van der Waals surface area contributed by atoms with Gasteiger partial charge in [-0.05, 0) is 44.4 Å². The van der Waals surface area contributed by atoms with Gasteiger partial charge >= 0.3 is 0 Å². The summed E-state index contributed by atoms with van der Waals surface area (Å²) in [5.74, 6) is 8.74. The second-order valence-corrected chi connectivity index (χ2v) is 6.21. The fraction of sp³-hybridized carbons (Fsp3) is 0.333.